The van der Waals surface area contributed by atoms with Crippen LogP contribution in [0.4, 0.5) is 5.69 Å². The molecule has 0 atom stereocenters. The van der Waals surface area contributed by atoms with E-state index in [4.69, 9.17) is 0 Å². The summed E-state index contributed by atoms with van der Waals surface area (Å²) in [6.45, 7) is 8.24. The highest BCUT2D eigenvalue weighted by Gasteiger charge is 2.27. The molecule has 0 spiro atoms. The van der Waals surface area contributed by atoms with E-state index in [0.717, 1.165) is 12.6 Å². The number of piperidine rings is 1. The van der Waals surface area contributed by atoms with Gasteiger partial charge in [-0.05, 0) is 30.5 Å². The van der Waals surface area contributed by atoms with Crippen LogP contribution in [0, 0.1) is 0 Å². The predicted octanol–water partition coefficient (Wildman–Crippen LogP) is 2.87. The average Bonchev–Trinajstić information content (AvgIpc) is 2.70. The predicted molar refractivity (Wildman–Crippen MR) is 103 cm³/mol. The Morgan fingerprint density at radius 1 is 0.800 bits per heavy atom. The van der Waals surface area contributed by atoms with E-state index in [-0.39, 0.29) is 0 Å². The third-order valence-corrected chi connectivity index (χ3v) is 5.66. The number of rotatable bonds is 4. The molecule has 2 fully saturated rings. The summed E-state index contributed by atoms with van der Waals surface area (Å²) >= 11 is 0. The topological polar surface area (TPSA) is 22.6 Å². The van der Waals surface area contributed by atoms with Gasteiger partial charge in [-0.3, -0.25) is 14.8 Å². The first kappa shape index (κ1) is 16.6. The zero-order valence-electron chi connectivity index (χ0n) is 14.9. The van der Waals surface area contributed by atoms with Gasteiger partial charge >= 0.3 is 0 Å². The number of pyridine rings is 1. The van der Waals surface area contributed by atoms with Crippen molar-refractivity contribution in [3.63, 3.8) is 0 Å². The van der Waals surface area contributed by atoms with Gasteiger partial charge in [-0.2, -0.15) is 0 Å². The van der Waals surface area contributed by atoms with Crippen LogP contribution in [0.25, 0.3) is 0 Å². The quantitative estimate of drug-likeness (QED) is 0.856. The van der Waals surface area contributed by atoms with E-state index in [9.17, 15) is 0 Å². The smallest absolute Gasteiger partial charge is 0.0397 e. The second-order valence-electron chi connectivity index (χ2n) is 7.22. The molecule has 4 rings (SSSR count). The maximum absolute atomic E-state index is 4.13. The summed E-state index contributed by atoms with van der Waals surface area (Å²) in [7, 11) is 0. The summed E-state index contributed by atoms with van der Waals surface area (Å²) in [5, 5.41) is 0. The van der Waals surface area contributed by atoms with Crippen LogP contribution in [0.1, 0.15) is 18.4 Å². The van der Waals surface area contributed by atoms with E-state index in [1.54, 1.807) is 0 Å². The van der Waals surface area contributed by atoms with Gasteiger partial charge in [0, 0.05) is 69.9 Å². The zero-order valence-corrected chi connectivity index (χ0v) is 14.9. The Morgan fingerprint density at radius 2 is 1.48 bits per heavy atom. The molecule has 2 aliphatic heterocycles. The molecule has 0 bridgehead atoms. The summed E-state index contributed by atoms with van der Waals surface area (Å²) in [6, 6.07) is 15.9. The van der Waals surface area contributed by atoms with Crippen molar-refractivity contribution in [1.82, 2.24) is 14.8 Å². The van der Waals surface area contributed by atoms with Gasteiger partial charge in [-0.15, -0.1) is 0 Å². The lowest BCUT2D eigenvalue weighted by Gasteiger charge is -2.43. The molecule has 3 heterocycles. The fraction of sp³-hybridized carbons (Fsp3) is 0.476. The molecule has 1 aromatic carbocycles. The lowest BCUT2D eigenvalue weighted by molar-refractivity contribution is 0.0812. The average molecular weight is 336 g/mol. The van der Waals surface area contributed by atoms with Gasteiger partial charge in [0.25, 0.3) is 0 Å². The van der Waals surface area contributed by atoms with Crippen molar-refractivity contribution >= 4 is 5.69 Å². The van der Waals surface area contributed by atoms with Gasteiger partial charge in [0.1, 0.15) is 0 Å². The molecule has 4 heteroatoms. The van der Waals surface area contributed by atoms with E-state index in [1.807, 2.05) is 12.4 Å². The molecule has 0 saturated carbocycles. The normalized spacial score (nSPS) is 20.7. The SMILES string of the molecule is c1ccc(CN2CCN(C3CCN(c4ccncc4)CC3)CC2)cc1. The summed E-state index contributed by atoms with van der Waals surface area (Å²) < 4.78 is 0. The fourth-order valence-corrected chi connectivity index (χ4v) is 4.17. The number of anilines is 1. The molecule has 0 N–H and O–H groups in total. The van der Waals surface area contributed by atoms with Crippen molar-refractivity contribution < 1.29 is 0 Å². The fourth-order valence-electron chi connectivity index (χ4n) is 4.17. The molecule has 1 aromatic heterocycles. The number of hydrogen-bond acceptors (Lipinski definition) is 4. The van der Waals surface area contributed by atoms with Crippen molar-refractivity contribution in [2.75, 3.05) is 44.2 Å². The molecule has 132 valence electrons. The minimum atomic E-state index is 0.761. The Balaban J connectivity index is 1.24. The molecule has 2 aliphatic rings. The molecular formula is C21H28N4. The highest BCUT2D eigenvalue weighted by molar-refractivity contribution is 5.44. The number of benzene rings is 1. The minimum absolute atomic E-state index is 0.761. The number of hydrogen-bond donors (Lipinski definition) is 0. The van der Waals surface area contributed by atoms with Crippen molar-refractivity contribution in [2.24, 2.45) is 0 Å². The molecular weight excluding hydrogens is 308 g/mol. The van der Waals surface area contributed by atoms with Crippen LogP contribution in [0.15, 0.2) is 54.9 Å². The van der Waals surface area contributed by atoms with Crippen molar-refractivity contribution in [2.45, 2.75) is 25.4 Å². The van der Waals surface area contributed by atoms with Crippen molar-refractivity contribution in [3.05, 3.63) is 60.4 Å². The van der Waals surface area contributed by atoms with Gasteiger partial charge < -0.3 is 4.90 Å². The summed E-state index contributed by atoms with van der Waals surface area (Å²) in [4.78, 5) is 12.0. The number of piperazine rings is 1. The Bertz CT molecular complexity index is 629. The van der Waals surface area contributed by atoms with E-state index < -0.39 is 0 Å². The van der Waals surface area contributed by atoms with Crippen LogP contribution in [-0.4, -0.2) is 60.1 Å². The molecule has 2 saturated heterocycles. The monoisotopic (exact) mass is 336 g/mol. The van der Waals surface area contributed by atoms with Crippen LogP contribution < -0.4 is 4.90 Å². The summed E-state index contributed by atoms with van der Waals surface area (Å²) in [5.41, 5.74) is 2.75. The Hall–Kier alpha value is -1.91. The Kier molecular flexibility index (Phi) is 5.28. The lowest BCUT2D eigenvalue weighted by Crippen LogP contribution is -2.53. The number of aromatic nitrogens is 1. The maximum Gasteiger partial charge on any atom is 0.0397 e. The van der Waals surface area contributed by atoms with E-state index >= 15 is 0 Å². The molecule has 0 aliphatic carbocycles. The van der Waals surface area contributed by atoms with Crippen LogP contribution in [-0.2, 0) is 6.54 Å². The molecule has 25 heavy (non-hydrogen) atoms. The maximum atomic E-state index is 4.13. The second-order valence-corrected chi connectivity index (χ2v) is 7.22. The third kappa shape index (κ3) is 4.20. The second kappa shape index (κ2) is 7.98. The Morgan fingerprint density at radius 3 is 2.16 bits per heavy atom. The summed E-state index contributed by atoms with van der Waals surface area (Å²) in [6.07, 6.45) is 6.35. The van der Waals surface area contributed by atoms with E-state index in [1.165, 1.54) is 63.4 Å². The number of nitrogens with zero attached hydrogens (tertiary/aromatic N) is 4. The van der Waals surface area contributed by atoms with E-state index in [2.05, 4.69) is 62.1 Å². The highest BCUT2D eigenvalue weighted by atomic mass is 15.3. The molecule has 4 nitrogen and oxygen atoms in total. The van der Waals surface area contributed by atoms with Crippen LogP contribution in [0.5, 0.6) is 0 Å². The largest absolute Gasteiger partial charge is 0.371 e. The van der Waals surface area contributed by atoms with Gasteiger partial charge in [0.15, 0.2) is 0 Å². The van der Waals surface area contributed by atoms with Crippen LogP contribution in [0.3, 0.4) is 0 Å². The van der Waals surface area contributed by atoms with Gasteiger partial charge in [-0.1, -0.05) is 30.3 Å². The van der Waals surface area contributed by atoms with E-state index in [0.29, 0.717) is 0 Å². The zero-order chi connectivity index (χ0) is 16.9. The van der Waals surface area contributed by atoms with Crippen molar-refractivity contribution in [1.29, 1.82) is 0 Å². The van der Waals surface area contributed by atoms with Crippen LogP contribution in [0.2, 0.25) is 0 Å². The lowest BCUT2D eigenvalue weighted by atomic mass is 10.0. The van der Waals surface area contributed by atoms with Crippen LogP contribution >= 0.6 is 0 Å². The van der Waals surface area contributed by atoms with Gasteiger partial charge in [-0.25, -0.2) is 0 Å². The Labute approximate surface area is 151 Å². The first-order chi connectivity index (χ1) is 12.4. The minimum Gasteiger partial charge on any atom is -0.371 e. The highest BCUT2D eigenvalue weighted by Crippen LogP contribution is 2.23. The standard InChI is InChI=1S/C21H28N4/c1-2-4-19(5-3-1)18-23-14-16-25(17-15-23)21-8-12-24(13-9-21)20-6-10-22-11-7-20/h1-7,10-11,21H,8-9,12-18H2. The first-order valence-corrected chi connectivity index (χ1v) is 9.54. The third-order valence-electron chi connectivity index (χ3n) is 5.66. The summed E-state index contributed by atoms with van der Waals surface area (Å²) in [5.74, 6) is 0. The molecule has 2 aromatic rings. The molecule has 0 radical (unpaired) electrons. The van der Waals surface area contributed by atoms with Gasteiger partial charge in [0.05, 0.1) is 0 Å². The first-order valence-electron chi connectivity index (χ1n) is 9.54. The van der Waals surface area contributed by atoms with Crippen molar-refractivity contribution in [3.8, 4) is 0 Å². The molecule has 0 unspecified atom stereocenters. The molecule has 0 amide bonds. The van der Waals surface area contributed by atoms with Gasteiger partial charge in [0.2, 0.25) is 0 Å².